The van der Waals surface area contributed by atoms with Crippen LogP contribution in [0.2, 0.25) is 0 Å². The minimum absolute atomic E-state index is 0.0248. The number of ether oxygens (including phenoxy) is 1. The van der Waals surface area contributed by atoms with Gasteiger partial charge in [-0.3, -0.25) is 4.79 Å². The molecule has 1 saturated heterocycles. The third-order valence-corrected chi connectivity index (χ3v) is 7.02. The van der Waals surface area contributed by atoms with Crippen molar-refractivity contribution in [1.82, 2.24) is 10.0 Å². The fraction of sp³-hybridized carbons (Fsp3) is 0.435. The molecule has 0 radical (unpaired) electrons. The van der Waals surface area contributed by atoms with Crippen LogP contribution < -0.4 is 10.0 Å². The molecule has 0 bridgehead atoms. The molecule has 2 atom stereocenters. The Bertz CT molecular complexity index is 960. The second-order valence-corrected chi connectivity index (χ2v) is 9.56. The van der Waals surface area contributed by atoms with Crippen molar-refractivity contribution in [2.75, 3.05) is 19.7 Å². The SMILES string of the molecule is Cc1ccc(S(=O)(=O)NCCC(=O)NCC2CCCOC2c2ccccc2)c(C)c1. The average molecular weight is 431 g/mol. The second-order valence-electron chi connectivity index (χ2n) is 7.83. The first kappa shape index (κ1) is 22.5. The molecule has 1 heterocycles. The quantitative estimate of drug-likeness (QED) is 0.673. The number of nitrogens with one attached hydrogen (secondary N) is 2. The molecule has 1 fully saturated rings. The maximum atomic E-state index is 12.5. The number of carbonyl (C=O) groups is 1. The van der Waals surface area contributed by atoms with Crippen LogP contribution in [0.3, 0.4) is 0 Å². The lowest BCUT2D eigenvalue weighted by Crippen LogP contribution is -2.36. The van der Waals surface area contributed by atoms with Gasteiger partial charge in [0.2, 0.25) is 15.9 Å². The minimum atomic E-state index is -3.63. The summed E-state index contributed by atoms with van der Waals surface area (Å²) in [6, 6.07) is 15.2. The molecule has 6 nitrogen and oxygen atoms in total. The molecule has 0 saturated carbocycles. The van der Waals surface area contributed by atoms with Gasteiger partial charge in [0.15, 0.2) is 0 Å². The van der Waals surface area contributed by atoms with Gasteiger partial charge in [0.05, 0.1) is 11.0 Å². The molecule has 2 aromatic rings. The number of amides is 1. The molecule has 3 rings (SSSR count). The topological polar surface area (TPSA) is 84.5 Å². The van der Waals surface area contributed by atoms with Crippen LogP contribution in [0, 0.1) is 19.8 Å². The Morgan fingerprint density at radius 2 is 1.90 bits per heavy atom. The van der Waals surface area contributed by atoms with E-state index in [0.29, 0.717) is 12.1 Å². The minimum Gasteiger partial charge on any atom is -0.373 e. The Balaban J connectivity index is 1.48. The van der Waals surface area contributed by atoms with Gasteiger partial charge in [-0.25, -0.2) is 13.1 Å². The van der Waals surface area contributed by atoms with Gasteiger partial charge in [-0.2, -0.15) is 0 Å². The van der Waals surface area contributed by atoms with Crippen molar-refractivity contribution in [2.24, 2.45) is 5.92 Å². The number of hydrogen-bond donors (Lipinski definition) is 2. The predicted molar refractivity (Wildman–Crippen MR) is 117 cm³/mol. The van der Waals surface area contributed by atoms with Gasteiger partial charge < -0.3 is 10.1 Å². The highest BCUT2D eigenvalue weighted by atomic mass is 32.2. The highest BCUT2D eigenvalue weighted by Crippen LogP contribution is 2.33. The number of carbonyl (C=O) groups excluding carboxylic acids is 1. The lowest BCUT2D eigenvalue weighted by molar-refractivity contribution is -0.121. The summed E-state index contributed by atoms with van der Waals surface area (Å²) in [5, 5.41) is 2.94. The lowest BCUT2D eigenvalue weighted by Gasteiger charge is -2.32. The molecule has 0 spiro atoms. The highest BCUT2D eigenvalue weighted by Gasteiger charge is 2.27. The number of aryl methyl sites for hydroxylation is 2. The average Bonchev–Trinajstić information content (AvgIpc) is 2.72. The van der Waals surface area contributed by atoms with E-state index in [1.807, 2.05) is 43.3 Å². The van der Waals surface area contributed by atoms with E-state index in [1.165, 1.54) is 0 Å². The summed E-state index contributed by atoms with van der Waals surface area (Å²) in [5.74, 6) is 0.0349. The molecular formula is C23H30N2O4S. The third-order valence-electron chi connectivity index (χ3n) is 5.40. The number of sulfonamides is 1. The molecule has 30 heavy (non-hydrogen) atoms. The van der Waals surface area contributed by atoms with Gasteiger partial charge in [0.1, 0.15) is 0 Å². The maximum absolute atomic E-state index is 12.5. The fourth-order valence-corrected chi connectivity index (χ4v) is 5.13. The molecular weight excluding hydrogens is 400 g/mol. The Labute approximate surface area is 179 Å². The Morgan fingerprint density at radius 1 is 1.13 bits per heavy atom. The van der Waals surface area contributed by atoms with Crippen LogP contribution in [0.15, 0.2) is 53.4 Å². The smallest absolute Gasteiger partial charge is 0.240 e. The first-order valence-electron chi connectivity index (χ1n) is 10.4. The summed E-state index contributed by atoms with van der Waals surface area (Å²) in [5.41, 5.74) is 2.82. The third kappa shape index (κ3) is 5.90. The van der Waals surface area contributed by atoms with Gasteiger partial charge in [0, 0.05) is 32.0 Å². The Kier molecular flexibility index (Phi) is 7.64. The molecule has 162 valence electrons. The van der Waals surface area contributed by atoms with Crippen LogP contribution in [-0.2, 0) is 19.6 Å². The molecule has 2 aromatic carbocycles. The second kappa shape index (κ2) is 10.2. The normalized spacial score (nSPS) is 19.4. The van der Waals surface area contributed by atoms with Crippen molar-refractivity contribution in [2.45, 2.75) is 44.1 Å². The molecule has 1 amide bonds. The van der Waals surface area contributed by atoms with E-state index in [1.54, 1.807) is 19.1 Å². The Hall–Kier alpha value is -2.22. The van der Waals surface area contributed by atoms with Crippen LogP contribution >= 0.6 is 0 Å². The van der Waals surface area contributed by atoms with Crippen molar-refractivity contribution in [1.29, 1.82) is 0 Å². The number of hydrogen-bond acceptors (Lipinski definition) is 4. The van der Waals surface area contributed by atoms with Crippen molar-refractivity contribution in [3.05, 3.63) is 65.2 Å². The zero-order valence-electron chi connectivity index (χ0n) is 17.6. The summed E-state index contributed by atoms with van der Waals surface area (Å²) in [7, 11) is -3.63. The van der Waals surface area contributed by atoms with E-state index in [-0.39, 0.29) is 35.8 Å². The van der Waals surface area contributed by atoms with E-state index in [4.69, 9.17) is 4.74 Å². The summed E-state index contributed by atoms with van der Waals surface area (Å²) in [6.07, 6.45) is 2.02. The van der Waals surface area contributed by atoms with E-state index < -0.39 is 10.0 Å². The number of rotatable bonds is 8. The molecule has 0 aliphatic carbocycles. The van der Waals surface area contributed by atoms with Gasteiger partial charge in [-0.05, 0) is 43.9 Å². The monoisotopic (exact) mass is 430 g/mol. The lowest BCUT2D eigenvalue weighted by atomic mass is 9.89. The van der Waals surface area contributed by atoms with Crippen LogP contribution in [-0.4, -0.2) is 34.0 Å². The zero-order valence-corrected chi connectivity index (χ0v) is 18.4. The summed E-state index contributed by atoms with van der Waals surface area (Å²) in [6.45, 7) is 4.99. The van der Waals surface area contributed by atoms with Gasteiger partial charge in [-0.15, -0.1) is 0 Å². The van der Waals surface area contributed by atoms with Crippen LogP contribution in [0.1, 0.15) is 42.1 Å². The van der Waals surface area contributed by atoms with E-state index in [0.717, 1.165) is 30.6 Å². The maximum Gasteiger partial charge on any atom is 0.240 e. The molecule has 7 heteroatoms. The van der Waals surface area contributed by atoms with E-state index >= 15 is 0 Å². The first-order valence-corrected chi connectivity index (χ1v) is 11.9. The van der Waals surface area contributed by atoms with E-state index in [2.05, 4.69) is 10.0 Å². The molecule has 1 aliphatic rings. The fourth-order valence-electron chi connectivity index (χ4n) is 3.87. The molecule has 1 aliphatic heterocycles. The van der Waals surface area contributed by atoms with Crippen molar-refractivity contribution in [3.8, 4) is 0 Å². The van der Waals surface area contributed by atoms with E-state index in [9.17, 15) is 13.2 Å². The van der Waals surface area contributed by atoms with Gasteiger partial charge in [0.25, 0.3) is 0 Å². The van der Waals surface area contributed by atoms with Gasteiger partial charge >= 0.3 is 0 Å². The Morgan fingerprint density at radius 3 is 2.63 bits per heavy atom. The predicted octanol–water partition coefficient (Wildman–Crippen LogP) is 3.26. The standard InChI is InChI=1S/C23H30N2O4S/c1-17-10-11-21(18(2)15-17)30(27,28)25-13-12-22(26)24-16-20-9-6-14-29-23(20)19-7-4-3-5-8-19/h3-5,7-8,10-11,15,20,23,25H,6,9,12-14,16H2,1-2H3,(H,24,26). The summed E-state index contributed by atoms with van der Waals surface area (Å²) in [4.78, 5) is 12.5. The largest absolute Gasteiger partial charge is 0.373 e. The van der Waals surface area contributed by atoms with Gasteiger partial charge in [-0.1, -0.05) is 48.0 Å². The first-order chi connectivity index (χ1) is 14.4. The zero-order chi connectivity index (χ0) is 21.6. The van der Waals surface area contributed by atoms with Crippen LogP contribution in [0.5, 0.6) is 0 Å². The summed E-state index contributed by atoms with van der Waals surface area (Å²) < 4.78 is 33.5. The highest BCUT2D eigenvalue weighted by molar-refractivity contribution is 7.89. The van der Waals surface area contributed by atoms with Crippen molar-refractivity contribution >= 4 is 15.9 Å². The van der Waals surface area contributed by atoms with Crippen molar-refractivity contribution < 1.29 is 17.9 Å². The van der Waals surface area contributed by atoms with Crippen molar-refractivity contribution in [3.63, 3.8) is 0 Å². The summed E-state index contributed by atoms with van der Waals surface area (Å²) >= 11 is 0. The molecule has 2 unspecified atom stereocenters. The number of benzene rings is 2. The molecule has 0 aromatic heterocycles. The van der Waals surface area contributed by atoms with Crippen LogP contribution in [0.25, 0.3) is 0 Å². The molecule has 2 N–H and O–H groups in total. The van der Waals surface area contributed by atoms with Crippen LogP contribution in [0.4, 0.5) is 0 Å².